The highest BCUT2D eigenvalue weighted by molar-refractivity contribution is 6.21. The lowest BCUT2D eigenvalue weighted by atomic mass is 9.78. The highest BCUT2D eigenvalue weighted by Gasteiger charge is 2.50. The third kappa shape index (κ3) is 9.43. The smallest absolute Gasteiger partial charge is 0.312 e. The molecule has 2 amide bonds. The number of aliphatic hydroxyl groups is 2. The molecule has 5 N–H and O–H groups in total. The Balaban J connectivity index is 1.66. The zero-order chi connectivity index (χ0) is 44.2. The number of nitrogens with zero attached hydrogens (tertiary/aromatic N) is 1. The summed E-state index contributed by atoms with van der Waals surface area (Å²) in [6.07, 6.45) is 7.37. The van der Waals surface area contributed by atoms with Crippen LogP contribution >= 0.6 is 0 Å². The Morgan fingerprint density at radius 2 is 1.60 bits per heavy atom. The van der Waals surface area contributed by atoms with Crippen molar-refractivity contribution in [3.63, 3.8) is 0 Å². The molecule has 2 aromatic carbocycles. The Labute approximate surface area is 351 Å². The molecule has 0 aliphatic carbocycles. The standard InChI is InChI=1S/C45H60N2O13/c1-23-15-14-16-24(2)44(55)46-30-21-32(57-22-33(49)47-18-12-10-11-13-19-47)34-35(40(30)53)39(52)28(6)42-36(34)43(54)45(8,60-42)58-20-17-31(56-9)25(3)41(59-29(7)48)27(5)38(51)26(4)37(23)50/h14-17,20-21,23,25-27,31,37-38,41,50-53H,10-13,18-19,22H2,1-9H3,(H,46,55)/b15-14-,20-17?,24-16-/t23-,25+,26+,27+,31-,37-,38+,41+,45-/m0/s1. The summed E-state index contributed by atoms with van der Waals surface area (Å²) in [7, 11) is 1.44. The first-order chi connectivity index (χ1) is 28.3. The highest BCUT2D eigenvalue weighted by atomic mass is 16.7. The number of fused-ring (bicyclic) bond motifs is 14. The summed E-state index contributed by atoms with van der Waals surface area (Å²) in [6, 6.07) is 1.29. The fourth-order valence-electron chi connectivity index (χ4n) is 8.30. The summed E-state index contributed by atoms with van der Waals surface area (Å²) in [4.78, 5) is 55.6. The maximum absolute atomic E-state index is 14.5. The van der Waals surface area contributed by atoms with Crippen molar-refractivity contribution < 1.29 is 63.3 Å². The van der Waals surface area contributed by atoms with Crippen LogP contribution in [0.1, 0.15) is 90.1 Å². The number of hydrogen-bond donors (Lipinski definition) is 5. The molecule has 15 nitrogen and oxygen atoms in total. The number of phenols is 2. The van der Waals surface area contributed by atoms with Gasteiger partial charge >= 0.3 is 11.8 Å². The van der Waals surface area contributed by atoms with E-state index in [4.69, 9.17) is 23.7 Å². The second-order valence-corrected chi connectivity index (χ2v) is 16.5. The van der Waals surface area contributed by atoms with Crippen LogP contribution in [0.15, 0.2) is 42.2 Å². The van der Waals surface area contributed by atoms with Gasteiger partial charge < -0.3 is 54.3 Å². The van der Waals surface area contributed by atoms with Crippen LogP contribution in [0.4, 0.5) is 5.69 Å². The van der Waals surface area contributed by atoms with Crippen molar-refractivity contribution in [2.75, 3.05) is 32.1 Å². The summed E-state index contributed by atoms with van der Waals surface area (Å²) in [5.41, 5.74) is 0.0423. The molecule has 4 heterocycles. The quantitative estimate of drug-likeness (QED) is 0.178. The number of Topliss-reactive ketones (excluding diaryl/α,β-unsaturated/α-hetero) is 1. The van der Waals surface area contributed by atoms with E-state index in [9.17, 15) is 39.6 Å². The number of carbonyl (C=O) groups is 4. The second-order valence-electron chi connectivity index (χ2n) is 16.5. The number of hydrogen-bond acceptors (Lipinski definition) is 13. The van der Waals surface area contributed by atoms with Crippen LogP contribution in [-0.2, 0) is 28.6 Å². The van der Waals surface area contributed by atoms with Gasteiger partial charge in [-0.05, 0) is 32.8 Å². The minimum absolute atomic E-state index is 0.0446. The Morgan fingerprint density at radius 3 is 2.23 bits per heavy atom. The molecule has 6 rings (SSSR count). The normalized spacial score (nSPS) is 30.8. The van der Waals surface area contributed by atoms with Gasteiger partial charge in [0, 0.05) is 80.3 Å². The van der Waals surface area contributed by atoms with Crippen molar-refractivity contribution in [3.8, 4) is 23.0 Å². The molecule has 15 heteroatoms. The number of benzene rings is 2. The summed E-state index contributed by atoms with van der Waals surface area (Å²) >= 11 is 0. The number of aromatic hydroxyl groups is 2. The zero-order valence-corrected chi connectivity index (χ0v) is 35.9. The van der Waals surface area contributed by atoms with E-state index in [0.29, 0.717) is 13.1 Å². The van der Waals surface area contributed by atoms with Crippen LogP contribution in [0.25, 0.3) is 10.8 Å². The van der Waals surface area contributed by atoms with Crippen molar-refractivity contribution in [1.29, 1.82) is 0 Å². The molecule has 0 saturated carbocycles. The van der Waals surface area contributed by atoms with Gasteiger partial charge in [0.05, 0.1) is 41.2 Å². The predicted molar refractivity (Wildman–Crippen MR) is 223 cm³/mol. The molecule has 9 atom stereocenters. The number of anilines is 1. The summed E-state index contributed by atoms with van der Waals surface area (Å²) in [5, 5.41) is 48.6. The van der Waals surface area contributed by atoms with E-state index in [0.717, 1.165) is 25.7 Å². The fraction of sp³-hybridized carbons (Fsp3) is 0.556. The molecule has 0 spiro atoms. The molecular weight excluding hydrogens is 776 g/mol. The molecule has 1 saturated heterocycles. The number of phenolic OH excluding ortho intramolecular Hbond substituents is 2. The lowest BCUT2D eigenvalue weighted by Crippen LogP contribution is -2.46. The molecule has 2 aromatic rings. The topological polar surface area (TPSA) is 211 Å². The fourth-order valence-corrected chi connectivity index (χ4v) is 8.30. The van der Waals surface area contributed by atoms with E-state index in [1.165, 1.54) is 59.3 Å². The minimum atomic E-state index is -2.02. The van der Waals surface area contributed by atoms with Gasteiger partial charge in [-0.3, -0.25) is 19.2 Å². The van der Waals surface area contributed by atoms with Crippen LogP contribution < -0.4 is 14.8 Å². The molecule has 0 radical (unpaired) electrons. The Morgan fingerprint density at radius 1 is 0.933 bits per heavy atom. The molecule has 5 bridgehead atoms. The van der Waals surface area contributed by atoms with Gasteiger partial charge in [-0.2, -0.15) is 0 Å². The van der Waals surface area contributed by atoms with E-state index in [2.05, 4.69) is 5.32 Å². The first-order valence-corrected chi connectivity index (χ1v) is 20.6. The maximum atomic E-state index is 14.5. The predicted octanol–water partition coefficient (Wildman–Crippen LogP) is 5.83. The zero-order valence-electron chi connectivity index (χ0n) is 35.9. The Hall–Kier alpha value is -5.12. The first kappa shape index (κ1) is 46.0. The average Bonchev–Trinajstić information content (AvgIpc) is 3.35. The maximum Gasteiger partial charge on any atom is 0.312 e. The Bertz CT molecular complexity index is 2050. The summed E-state index contributed by atoms with van der Waals surface area (Å²) in [5.74, 6) is -7.83. The largest absolute Gasteiger partial charge is 0.507 e. The van der Waals surface area contributed by atoms with Crippen molar-refractivity contribution in [2.45, 2.75) is 111 Å². The molecule has 60 heavy (non-hydrogen) atoms. The van der Waals surface area contributed by atoms with Gasteiger partial charge in [0.1, 0.15) is 23.4 Å². The number of aliphatic hydroxyl groups excluding tert-OH is 2. The van der Waals surface area contributed by atoms with Gasteiger partial charge in [-0.1, -0.05) is 58.8 Å². The third-order valence-electron chi connectivity index (χ3n) is 12.1. The minimum Gasteiger partial charge on any atom is -0.507 e. The number of carbonyl (C=O) groups excluding carboxylic acids is 4. The number of nitrogens with one attached hydrogen (secondary N) is 1. The number of esters is 1. The lowest BCUT2D eigenvalue weighted by Gasteiger charge is -2.38. The van der Waals surface area contributed by atoms with Gasteiger partial charge in [0.15, 0.2) is 12.4 Å². The lowest BCUT2D eigenvalue weighted by molar-refractivity contribution is -0.160. The van der Waals surface area contributed by atoms with Crippen LogP contribution in [0.5, 0.6) is 23.0 Å². The molecule has 1 fully saturated rings. The first-order valence-electron chi connectivity index (χ1n) is 20.6. The van der Waals surface area contributed by atoms with Gasteiger partial charge in [0.25, 0.3) is 17.6 Å². The number of allylic oxidation sites excluding steroid dienone is 2. The second kappa shape index (κ2) is 19.1. The molecule has 328 valence electrons. The SMILES string of the molecule is CO[C@H]1C=CO[C@@]2(C)Oc3c(C)c(O)c4c(O)c(cc(OCC(=O)N5CCCCCC5)c4c3C2=O)NC(=O)/C(C)=C\C=C/[C@H](C)[C@H](O)[C@@H](C)[C@@H](O)[C@@H](C)[C@H](OC(C)=O)[C@@H]1C. The van der Waals surface area contributed by atoms with Crippen molar-refractivity contribution in [1.82, 2.24) is 4.90 Å². The van der Waals surface area contributed by atoms with Crippen LogP contribution in [0.3, 0.4) is 0 Å². The van der Waals surface area contributed by atoms with Crippen LogP contribution in [0.2, 0.25) is 0 Å². The molecule has 4 aliphatic heterocycles. The number of amides is 2. The molecule has 0 unspecified atom stereocenters. The summed E-state index contributed by atoms with van der Waals surface area (Å²) < 4.78 is 29.9. The molecule has 4 aliphatic rings. The highest BCUT2D eigenvalue weighted by Crippen LogP contribution is 2.54. The molecular formula is C45H60N2O13. The van der Waals surface area contributed by atoms with Gasteiger partial charge in [-0.25, -0.2) is 0 Å². The van der Waals surface area contributed by atoms with Gasteiger partial charge in [-0.15, -0.1) is 0 Å². The van der Waals surface area contributed by atoms with Crippen molar-refractivity contribution >= 4 is 40.0 Å². The van der Waals surface area contributed by atoms with Crippen molar-refractivity contribution in [3.05, 3.63) is 53.3 Å². The van der Waals surface area contributed by atoms with E-state index in [1.807, 2.05) is 0 Å². The third-order valence-corrected chi connectivity index (χ3v) is 12.1. The van der Waals surface area contributed by atoms with Crippen LogP contribution in [0, 0.1) is 30.6 Å². The van der Waals surface area contributed by atoms with Gasteiger partial charge in [0.2, 0.25) is 0 Å². The van der Waals surface area contributed by atoms with E-state index in [-0.39, 0.29) is 50.6 Å². The van der Waals surface area contributed by atoms with E-state index >= 15 is 0 Å². The van der Waals surface area contributed by atoms with E-state index in [1.54, 1.807) is 44.7 Å². The number of likely N-dealkylation sites (tertiary alicyclic amines) is 1. The number of ether oxygens (including phenoxy) is 5. The average molecular weight is 837 g/mol. The number of methoxy groups -OCH3 is 1. The number of ketones is 1. The van der Waals surface area contributed by atoms with E-state index < -0.39 is 89.6 Å². The molecule has 0 aromatic heterocycles. The van der Waals surface area contributed by atoms with Crippen LogP contribution in [-0.4, -0.2) is 106 Å². The monoisotopic (exact) mass is 836 g/mol. The van der Waals surface area contributed by atoms with Crippen molar-refractivity contribution in [2.24, 2.45) is 23.7 Å². The Kier molecular flexibility index (Phi) is 14.6. The number of rotatable bonds is 5. The summed E-state index contributed by atoms with van der Waals surface area (Å²) in [6.45, 7) is 13.3.